The molecule has 3 rings (SSSR count). The Labute approximate surface area is 118 Å². The highest BCUT2D eigenvalue weighted by atomic mass is 16.3. The lowest BCUT2D eigenvalue weighted by molar-refractivity contribution is 0.0951. The van der Waals surface area contributed by atoms with Crippen molar-refractivity contribution in [2.24, 2.45) is 0 Å². The highest BCUT2D eigenvalue weighted by Crippen LogP contribution is 2.28. The Balaban J connectivity index is 1.61. The maximum absolute atomic E-state index is 11.9. The molecule has 1 aromatic carbocycles. The molecule has 0 radical (unpaired) electrons. The summed E-state index contributed by atoms with van der Waals surface area (Å²) in [7, 11) is 0. The molecule has 1 aliphatic rings. The molecule has 0 bridgehead atoms. The van der Waals surface area contributed by atoms with E-state index < -0.39 is 0 Å². The summed E-state index contributed by atoms with van der Waals surface area (Å²) in [5.74, 6) is -0.0851. The smallest absolute Gasteiger partial charge is 0.254 e. The van der Waals surface area contributed by atoms with Crippen LogP contribution in [0.1, 0.15) is 22.8 Å². The van der Waals surface area contributed by atoms with Crippen LogP contribution in [0.5, 0.6) is 0 Å². The molecule has 1 atom stereocenters. The van der Waals surface area contributed by atoms with Gasteiger partial charge in [0.15, 0.2) is 0 Å². The van der Waals surface area contributed by atoms with Crippen molar-refractivity contribution in [1.82, 2.24) is 5.32 Å². The van der Waals surface area contributed by atoms with Gasteiger partial charge in [-0.2, -0.15) is 0 Å². The van der Waals surface area contributed by atoms with Crippen molar-refractivity contribution in [3.8, 4) is 0 Å². The van der Waals surface area contributed by atoms with Crippen molar-refractivity contribution in [2.75, 3.05) is 18.0 Å². The zero-order chi connectivity index (χ0) is 13.9. The second kappa shape index (κ2) is 5.41. The fourth-order valence-corrected chi connectivity index (χ4v) is 2.67. The van der Waals surface area contributed by atoms with E-state index in [0.717, 1.165) is 13.0 Å². The number of hydrogen-bond acceptors (Lipinski definition) is 3. The summed E-state index contributed by atoms with van der Waals surface area (Å²) in [6, 6.07) is 10.4. The molecule has 0 saturated heterocycles. The van der Waals surface area contributed by atoms with Gasteiger partial charge in [0.2, 0.25) is 0 Å². The van der Waals surface area contributed by atoms with Gasteiger partial charge in [0.25, 0.3) is 5.91 Å². The summed E-state index contributed by atoms with van der Waals surface area (Å²) in [5, 5.41) is 2.95. The van der Waals surface area contributed by atoms with Crippen LogP contribution in [-0.2, 0) is 6.42 Å². The molecule has 0 aliphatic carbocycles. The quantitative estimate of drug-likeness (QED) is 0.928. The highest BCUT2D eigenvalue weighted by molar-refractivity contribution is 5.93. The first-order chi connectivity index (χ1) is 9.75. The van der Waals surface area contributed by atoms with Crippen LogP contribution >= 0.6 is 0 Å². The number of rotatable bonds is 4. The SMILES string of the molecule is C[C@@H](CNC(=O)c1ccoc1)N1CCc2ccccc21. The lowest BCUT2D eigenvalue weighted by Gasteiger charge is -2.27. The molecule has 1 N–H and O–H groups in total. The minimum absolute atomic E-state index is 0.0851. The van der Waals surface area contributed by atoms with Gasteiger partial charge in [0.1, 0.15) is 6.26 Å². The number of carbonyl (C=O) groups is 1. The number of furan rings is 1. The Morgan fingerprint density at radius 2 is 2.25 bits per heavy atom. The van der Waals surface area contributed by atoms with E-state index in [1.807, 2.05) is 0 Å². The Hall–Kier alpha value is -2.23. The van der Waals surface area contributed by atoms with Gasteiger partial charge in [0.05, 0.1) is 11.8 Å². The van der Waals surface area contributed by atoms with Gasteiger partial charge >= 0.3 is 0 Å². The van der Waals surface area contributed by atoms with E-state index in [0.29, 0.717) is 12.1 Å². The lowest BCUT2D eigenvalue weighted by atomic mass is 10.2. The van der Waals surface area contributed by atoms with Crippen LogP contribution in [0.25, 0.3) is 0 Å². The molecule has 2 heterocycles. The zero-order valence-corrected chi connectivity index (χ0v) is 11.5. The van der Waals surface area contributed by atoms with E-state index in [2.05, 4.69) is 41.4 Å². The van der Waals surface area contributed by atoms with E-state index in [-0.39, 0.29) is 11.9 Å². The predicted molar refractivity (Wildman–Crippen MR) is 78.0 cm³/mol. The third kappa shape index (κ3) is 2.41. The van der Waals surface area contributed by atoms with Crippen molar-refractivity contribution in [2.45, 2.75) is 19.4 Å². The van der Waals surface area contributed by atoms with Crippen LogP contribution < -0.4 is 10.2 Å². The average Bonchev–Trinajstić information content (AvgIpc) is 3.13. The second-order valence-corrected chi connectivity index (χ2v) is 5.14. The van der Waals surface area contributed by atoms with E-state index in [4.69, 9.17) is 4.42 Å². The number of fused-ring (bicyclic) bond motifs is 1. The fraction of sp³-hybridized carbons (Fsp3) is 0.312. The molecule has 0 spiro atoms. The molecule has 20 heavy (non-hydrogen) atoms. The van der Waals surface area contributed by atoms with Crippen molar-refractivity contribution >= 4 is 11.6 Å². The van der Waals surface area contributed by atoms with Gasteiger partial charge in [0, 0.05) is 24.8 Å². The van der Waals surface area contributed by atoms with Gasteiger partial charge < -0.3 is 14.6 Å². The number of carbonyl (C=O) groups excluding carboxylic acids is 1. The first kappa shape index (κ1) is 12.8. The minimum atomic E-state index is -0.0851. The molecule has 1 aromatic heterocycles. The molecule has 104 valence electrons. The van der Waals surface area contributed by atoms with Gasteiger partial charge in [-0.3, -0.25) is 4.79 Å². The molecule has 0 unspecified atom stereocenters. The summed E-state index contributed by atoms with van der Waals surface area (Å²) >= 11 is 0. The average molecular weight is 270 g/mol. The third-order valence-electron chi connectivity index (χ3n) is 3.80. The number of amides is 1. The summed E-state index contributed by atoms with van der Waals surface area (Å²) in [6.45, 7) is 3.78. The summed E-state index contributed by atoms with van der Waals surface area (Å²) in [5.41, 5.74) is 3.25. The molecule has 1 amide bonds. The molecule has 1 aliphatic heterocycles. The monoisotopic (exact) mass is 270 g/mol. The van der Waals surface area contributed by atoms with E-state index in [1.54, 1.807) is 6.07 Å². The minimum Gasteiger partial charge on any atom is -0.472 e. The van der Waals surface area contributed by atoms with Gasteiger partial charge in [-0.1, -0.05) is 18.2 Å². The van der Waals surface area contributed by atoms with E-state index >= 15 is 0 Å². The zero-order valence-electron chi connectivity index (χ0n) is 11.5. The first-order valence-electron chi connectivity index (χ1n) is 6.90. The van der Waals surface area contributed by atoms with E-state index in [9.17, 15) is 4.79 Å². The maximum atomic E-state index is 11.9. The Kier molecular flexibility index (Phi) is 3.46. The van der Waals surface area contributed by atoms with Crippen LogP contribution in [-0.4, -0.2) is 25.0 Å². The molecule has 4 nitrogen and oxygen atoms in total. The van der Waals surface area contributed by atoms with Gasteiger partial charge in [-0.15, -0.1) is 0 Å². The van der Waals surface area contributed by atoms with Crippen molar-refractivity contribution in [3.63, 3.8) is 0 Å². The maximum Gasteiger partial charge on any atom is 0.254 e. The second-order valence-electron chi connectivity index (χ2n) is 5.14. The normalized spacial score (nSPS) is 14.9. The molecule has 0 saturated carbocycles. The molecule has 4 heteroatoms. The molecule has 0 fully saturated rings. The largest absolute Gasteiger partial charge is 0.472 e. The lowest BCUT2D eigenvalue weighted by Crippen LogP contribution is -2.41. The van der Waals surface area contributed by atoms with Gasteiger partial charge in [-0.25, -0.2) is 0 Å². The summed E-state index contributed by atoms with van der Waals surface area (Å²) in [6.07, 6.45) is 4.05. The van der Waals surface area contributed by atoms with Crippen LogP contribution in [0, 0.1) is 0 Å². The standard InChI is InChI=1S/C16H18N2O2/c1-12(10-17-16(19)14-7-9-20-11-14)18-8-6-13-4-2-3-5-15(13)18/h2-5,7,9,11-12H,6,8,10H2,1H3,(H,17,19)/t12-/m0/s1. The number of para-hydroxylation sites is 1. The Bertz CT molecular complexity index is 592. The van der Waals surface area contributed by atoms with Crippen LogP contribution in [0.4, 0.5) is 5.69 Å². The summed E-state index contributed by atoms with van der Waals surface area (Å²) < 4.78 is 4.92. The number of benzene rings is 1. The molecular formula is C16H18N2O2. The summed E-state index contributed by atoms with van der Waals surface area (Å²) in [4.78, 5) is 14.2. The third-order valence-corrected chi connectivity index (χ3v) is 3.80. The van der Waals surface area contributed by atoms with Crippen LogP contribution in [0.2, 0.25) is 0 Å². The van der Waals surface area contributed by atoms with Gasteiger partial charge in [-0.05, 0) is 31.0 Å². The van der Waals surface area contributed by atoms with Crippen LogP contribution in [0.3, 0.4) is 0 Å². The Morgan fingerprint density at radius 3 is 3.05 bits per heavy atom. The predicted octanol–water partition coefficient (Wildman–Crippen LogP) is 2.46. The Morgan fingerprint density at radius 1 is 1.40 bits per heavy atom. The van der Waals surface area contributed by atoms with Crippen molar-refractivity contribution < 1.29 is 9.21 Å². The first-order valence-corrected chi connectivity index (χ1v) is 6.90. The number of nitrogens with zero attached hydrogens (tertiary/aromatic N) is 1. The topological polar surface area (TPSA) is 45.5 Å². The highest BCUT2D eigenvalue weighted by Gasteiger charge is 2.23. The number of hydrogen-bond donors (Lipinski definition) is 1. The fourth-order valence-electron chi connectivity index (χ4n) is 2.67. The molecule has 2 aromatic rings. The van der Waals surface area contributed by atoms with Crippen LogP contribution in [0.15, 0.2) is 47.3 Å². The van der Waals surface area contributed by atoms with Crippen molar-refractivity contribution in [3.05, 3.63) is 54.0 Å². The van der Waals surface area contributed by atoms with E-state index in [1.165, 1.54) is 23.8 Å². The number of anilines is 1. The number of nitrogens with one attached hydrogen (secondary N) is 1. The molecular weight excluding hydrogens is 252 g/mol. The van der Waals surface area contributed by atoms with Crippen molar-refractivity contribution in [1.29, 1.82) is 0 Å².